The molecule has 0 unspecified atom stereocenters. The fourth-order valence-corrected chi connectivity index (χ4v) is 3.86. The lowest BCUT2D eigenvalue weighted by Crippen LogP contribution is -2.42. The quantitative estimate of drug-likeness (QED) is 0.851. The average Bonchev–Trinajstić information content (AvgIpc) is 2.70. The normalized spacial score (nSPS) is 17.0. The van der Waals surface area contributed by atoms with Crippen LogP contribution in [0.4, 0.5) is 5.69 Å². The van der Waals surface area contributed by atoms with E-state index in [4.69, 9.17) is 16.3 Å². The number of benzene rings is 2. The number of aryl methyl sites for hydroxylation is 1. The second-order valence-electron chi connectivity index (χ2n) is 7.37. The molecule has 4 rings (SSSR count). The molecule has 1 saturated heterocycles. The van der Waals surface area contributed by atoms with Crippen molar-refractivity contribution in [3.63, 3.8) is 0 Å². The monoisotopic (exact) mass is 398 g/mol. The van der Waals surface area contributed by atoms with E-state index in [1.807, 2.05) is 47.4 Å². The van der Waals surface area contributed by atoms with Crippen LogP contribution in [0.15, 0.2) is 42.5 Å². The highest BCUT2D eigenvalue weighted by Crippen LogP contribution is 2.28. The van der Waals surface area contributed by atoms with Gasteiger partial charge in [0.1, 0.15) is 11.9 Å². The summed E-state index contributed by atoms with van der Waals surface area (Å²) < 4.78 is 6.14. The third-order valence-corrected chi connectivity index (χ3v) is 5.59. The van der Waals surface area contributed by atoms with Gasteiger partial charge >= 0.3 is 0 Å². The summed E-state index contributed by atoms with van der Waals surface area (Å²) in [7, 11) is 0. The molecule has 1 N–H and O–H groups in total. The van der Waals surface area contributed by atoms with E-state index in [0.29, 0.717) is 31.0 Å². The van der Waals surface area contributed by atoms with Crippen molar-refractivity contribution >= 4 is 29.1 Å². The van der Waals surface area contributed by atoms with Crippen LogP contribution in [0.2, 0.25) is 5.02 Å². The van der Waals surface area contributed by atoms with Crippen LogP contribution in [0, 0.1) is 0 Å². The van der Waals surface area contributed by atoms with Gasteiger partial charge in [0.2, 0.25) is 11.8 Å². The van der Waals surface area contributed by atoms with Crippen molar-refractivity contribution in [1.29, 1.82) is 0 Å². The van der Waals surface area contributed by atoms with Crippen molar-refractivity contribution in [2.75, 3.05) is 18.4 Å². The van der Waals surface area contributed by atoms with Crippen molar-refractivity contribution in [3.05, 3.63) is 58.6 Å². The topological polar surface area (TPSA) is 58.6 Å². The van der Waals surface area contributed by atoms with E-state index in [1.165, 1.54) is 0 Å². The molecule has 2 aromatic carbocycles. The predicted octanol–water partition coefficient (Wildman–Crippen LogP) is 3.84. The molecule has 0 aromatic heterocycles. The van der Waals surface area contributed by atoms with Crippen LogP contribution in [-0.2, 0) is 22.4 Å². The van der Waals surface area contributed by atoms with Gasteiger partial charge in [0.05, 0.1) is 6.42 Å². The maximum absolute atomic E-state index is 12.5. The summed E-state index contributed by atoms with van der Waals surface area (Å²) in [6.07, 6.45) is 3.41. The van der Waals surface area contributed by atoms with Crippen LogP contribution in [0.5, 0.6) is 5.75 Å². The molecule has 5 nitrogen and oxygen atoms in total. The number of hydrogen-bond donors (Lipinski definition) is 1. The van der Waals surface area contributed by atoms with Crippen LogP contribution in [0.1, 0.15) is 30.4 Å². The molecule has 0 bridgehead atoms. The van der Waals surface area contributed by atoms with Crippen molar-refractivity contribution < 1.29 is 14.3 Å². The molecule has 2 amide bonds. The zero-order valence-corrected chi connectivity index (χ0v) is 16.4. The molecule has 0 spiro atoms. The van der Waals surface area contributed by atoms with Gasteiger partial charge < -0.3 is 15.0 Å². The minimum absolute atomic E-state index is 0.0665. The zero-order valence-electron chi connectivity index (χ0n) is 15.6. The number of likely N-dealkylation sites (tertiary alicyclic amines) is 1. The average molecular weight is 399 g/mol. The molecule has 6 heteroatoms. The Hall–Kier alpha value is -2.53. The first-order chi connectivity index (χ1) is 13.6. The molecule has 2 aliphatic heterocycles. The molecule has 28 heavy (non-hydrogen) atoms. The van der Waals surface area contributed by atoms with Gasteiger partial charge in [0.15, 0.2) is 0 Å². The lowest BCUT2D eigenvalue weighted by Gasteiger charge is -2.32. The van der Waals surface area contributed by atoms with Crippen LogP contribution in [0.3, 0.4) is 0 Å². The summed E-state index contributed by atoms with van der Waals surface area (Å²) in [6.45, 7) is 1.41. The maximum atomic E-state index is 12.5. The fraction of sp³-hybridized carbons (Fsp3) is 0.364. The van der Waals surface area contributed by atoms with E-state index < -0.39 is 0 Å². The smallest absolute Gasteiger partial charge is 0.226 e. The van der Waals surface area contributed by atoms with Crippen LogP contribution in [0.25, 0.3) is 0 Å². The molecule has 2 aromatic rings. The number of rotatable bonds is 4. The number of anilines is 1. The lowest BCUT2D eigenvalue weighted by molar-refractivity contribution is -0.132. The Morgan fingerprint density at radius 3 is 2.61 bits per heavy atom. The van der Waals surface area contributed by atoms with E-state index >= 15 is 0 Å². The Morgan fingerprint density at radius 1 is 1.11 bits per heavy atom. The highest BCUT2D eigenvalue weighted by molar-refractivity contribution is 6.30. The maximum Gasteiger partial charge on any atom is 0.226 e. The molecule has 2 heterocycles. The first-order valence-electron chi connectivity index (χ1n) is 9.68. The summed E-state index contributed by atoms with van der Waals surface area (Å²) in [5.41, 5.74) is 2.98. The number of ether oxygens (including phenoxy) is 1. The molecule has 0 radical (unpaired) electrons. The highest BCUT2D eigenvalue weighted by Gasteiger charge is 2.24. The van der Waals surface area contributed by atoms with Gasteiger partial charge in [-0.1, -0.05) is 23.7 Å². The standard InChI is InChI=1S/C22H23ClN2O3/c23-17-4-1-15(2-5-17)13-22(27)25-11-9-18(10-12-25)28-19-6-7-20-16(14-19)3-8-21(26)24-20/h1-2,4-7,14,18H,3,8-13H2,(H,24,26). The zero-order chi connectivity index (χ0) is 19.5. The first kappa shape index (κ1) is 18.8. The number of carbonyl (C=O) groups excluding carboxylic acids is 2. The Bertz CT molecular complexity index is 874. The Labute approximate surface area is 169 Å². The number of nitrogens with one attached hydrogen (secondary N) is 1. The van der Waals surface area contributed by atoms with Gasteiger partial charge in [-0.25, -0.2) is 0 Å². The minimum atomic E-state index is 0.0665. The number of amides is 2. The fourth-order valence-electron chi connectivity index (χ4n) is 3.74. The molecular weight excluding hydrogens is 376 g/mol. The third kappa shape index (κ3) is 4.47. The molecule has 0 atom stereocenters. The van der Waals surface area contributed by atoms with Crippen LogP contribution in [-0.4, -0.2) is 35.9 Å². The van der Waals surface area contributed by atoms with Crippen molar-refractivity contribution in [1.82, 2.24) is 4.90 Å². The van der Waals surface area contributed by atoms with Crippen molar-refractivity contribution in [2.24, 2.45) is 0 Å². The van der Waals surface area contributed by atoms with Gasteiger partial charge in [-0.2, -0.15) is 0 Å². The molecule has 146 valence electrons. The number of nitrogens with zero attached hydrogens (tertiary/aromatic N) is 1. The molecule has 1 fully saturated rings. The predicted molar refractivity (Wildman–Crippen MR) is 109 cm³/mol. The van der Waals surface area contributed by atoms with Crippen molar-refractivity contribution in [3.8, 4) is 5.75 Å². The number of carbonyl (C=O) groups is 2. The summed E-state index contributed by atoms with van der Waals surface area (Å²) in [6, 6.07) is 13.3. The number of hydrogen-bond acceptors (Lipinski definition) is 3. The third-order valence-electron chi connectivity index (χ3n) is 5.34. The van der Waals surface area contributed by atoms with E-state index in [1.54, 1.807) is 0 Å². The lowest BCUT2D eigenvalue weighted by atomic mass is 10.0. The second-order valence-corrected chi connectivity index (χ2v) is 7.80. The van der Waals surface area contributed by atoms with Gasteiger partial charge in [-0.05, 0) is 47.9 Å². The van der Waals surface area contributed by atoms with Gasteiger partial charge in [0, 0.05) is 43.1 Å². The largest absolute Gasteiger partial charge is 0.490 e. The summed E-state index contributed by atoms with van der Waals surface area (Å²) in [5.74, 6) is 1.04. The number of fused-ring (bicyclic) bond motifs is 1. The van der Waals surface area contributed by atoms with E-state index in [-0.39, 0.29) is 17.9 Å². The summed E-state index contributed by atoms with van der Waals surface area (Å²) in [4.78, 5) is 25.9. The number of piperidine rings is 1. The molecule has 0 saturated carbocycles. The first-order valence-corrected chi connectivity index (χ1v) is 10.1. The molecular formula is C22H23ClN2O3. The van der Waals surface area contributed by atoms with E-state index in [9.17, 15) is 9.59 Å². The van der Waals surface area contributed by atoms with E-state index in [0.717, 1.165) is 41.8 Å². The molecule has 0 aliphatic carbocycles. The van der Waals surface area contributed by atoms with Gasteiger partial charge in [-0.3, -0.25) is 9.59 Å². The summed E-state index contributed by atoms with van der Waals surface area (Å²) >= 11 is 5.90. The van der Waals surface area contributed by atoms with Gasteiger partial charge in [0.25, 0.3) is 0 Å². The van der Waals surface area contributed by atoms with Crippen molar-refractivity contribution in [2.45, 2.75) is 38.2 Å². The Kier molecular flexibility index (Phi) is 5.53. The van der Waals surface area contributed by atoms with Crippen LogP contribution < -0.4 is 10.1 Å². The van der Waals surface area contributed by atoms with E-state index in [2.05, 4.69) is 5.32 Å². The SMILES string of the molecule is O=C1CCc2cc(OC3CCN(C(=O)Cc4ccc(Cl)cc4)CC3)ccc2N1. The van der Waals surface area contributed by atoms with Crippen LogP contribution >= 0.6 is 11.6 Å². The number of halogens is 1. The minimum Gasteiger partial charge on any atom is -0.490 e. The molecule has 2 aliphatic rings. The Morgan fingerprint density at radius 2 is 1.86 bits per heavy atom. The second kappa shape index (κ2) is 8.23. The Balaban J connectivity index is 1.29. The highest BCUT2D eigenvalue weighted by atomic mass is 35.5. The van der Waals surface area contributed by atoms with Gasteiger partial charge in [-0.15, -0.1) is 0 Å². The summed E-state index contributed by atoms with van der Waals surface area (Å²) in [5, 5.41) is 3.57.